The van der Waals surface area contributed by atoms with Gasteiger partial charge in [-0.3, -0.25) is 19.3 Å². The number of amides is 2. The van der Waals surface area contributed by atoms with Crippen molar-refractivity contribution in [3.8, 4) is 0 Å². The van der Waals surface area contributed by atoms with Crippen LogP contribution in [0.25, 0.3) is 0 Å². The van der Waals surface area contributed by atoms with Crippen LogP contribution < -0.4 is 4.90 Å². The summed E-state index contributed by atoms with van der Waals surface area (Å²) in [5, 5.41) is 0. The molecule has 31 heavy (non-hydrogen) atoms. The summed E-state index contributed by atoms with van der Waals surface area (Å²) in [6.45, 7) is 0.342. The van der Waals surface area contributed by atoms with Gasteiger partial charge in [-0.1, -0.05) is 36.4 Å². The standard InChI is InChI=1S/C24H20N2O5/c1-31-24(30)15-7-5-6-14(12-15)13-25-17-10-11-18(27)21(25)20-19(17)22(28)26(23(20)29)16-8-3-2-4-9-16/h2-12,17,19-21H,13H2,1H3. The lowest BCUT2D eigenvalue weighted by Gasteiger charge is -2.33. The van der Waals surface area contributed by atoms with Gasteiger partial charge in [-0.2, -0.15) is 0 Å². The molecule has 2 fully saturated rings. The van der Waals surface area contributed by atoms with Crippen LogP contribution in [0.1, 0.15) is 15.9 Å². The van der Waals surface area contributed by atoms with Crippen molar-refractivity contribution in [2.24, 2.45) is 11.8 Å². The normalized spacial score (nSPS) is 27.0. The maximum absolute atomic E-state index is 13.3. The van der Waals surface area contributed by atoms with Crippen LogP contribution in [0.2, 0.25) is 0 Å². The molecule has 4 unspecified atom stereocenters. The van der Waals surface area contributed by atoms with Gasteiger partial charge in [0.05, 0.1) is 36.2 Å². The summed E-state index contributed by atoms with van der Waals surface area (Å²) < 4.78 is 4.78. The van der Waals surface area contributed by atoms with Gasteiger partial charge in [-0.05, 0) is 35.9 Å². The molecule has 2 aromatic rings. The Bertz CT molecular complexity index is 1130. The van der Waals surface area contributed by atoms with Crippen LogP contribution in [-0.2, 0) is 25.7 Å². The van der Waals surface area contributed by atoms with Crippen LogP contribution in [0.15, 0.2) is 66.7 Å². The summed E-state index contributed by atoms with van der Waals surface area (Å²) >= 11 is 0. The first-order chi connectivity index (χ1) is 15.0. The lowest BCUT2D eigenvalue weighted by molar-refractivity contribution is -0.129. The van der Waals surface area contributed by atoms with Crippen molar-refractivity contribution < 1.29 is 23.9 Å². The summed E-state index contributed by atoms with van der Waals surface area (Å²) in [5.41, 5.74) is 1.74. The Balaban J connectivity index is 1.48. The second-order valence-corrected chi connectivity index (χ2v) is 7.96. The molecule has 0 spiro atoms. The molecule has 3 aliphatic heterocycles. The molecule has 3 heterocycles. The number of anilines is 1. The molecule has 3 aliphatic rings. The topological polar surface area (TPSA) is 84.0 Å². The smallest absolute Gasteiger partial charge is 0.337 e. The van der Waals surface area contributed by atoms with Crippen LogP contribution >= 0.6 is 0 Å². The number of methoxy groups -OCH3 is 1. The van der Waals surface area contributed by atoms with E-state index in [0.717, 1.165) is 5.56 Å². The summed E-state index contributed by atoms with van der Waals surface area (Å²) in [6.07, 6.45) is 3.22. The van der Waals surface area contributed by atoms with Crippen LogP contribution in [0.4, 0.5) is 5.69 Å². The molecule has 2 saturated heterocycles. The highest BCUT2D eigenvalue weighted by Crippen LogP contribution is 2.47. The van der Waals surface area contributed by atoms with E-state index in [1.54, 1.807) is 48.5 Å². The van der Waals surface area contributed by atoms with Gasteiger partial charge in [0.2, 0.25) is 11.8 Å². The monoisotopic (exact) mass is 416 g/mol. The van der Waals surface area contributed by atoms with Crippen molar-refractivity contribution in [1.29, 1.82) is 0 Å². The quantitative estimate of drug-likeness (QED) is 0.560. The van der Waals surface area contributed by atoms with Gasteiger partial charge < -0.3 is 4.74 Å². The van der Waals surface area contributed by atoms with Crippen LogP contribution in [0, 0.1) is 11.8 Å². The third kappa shape index (κ3) is 2.92. The number of rotatable bonds is 4. The highest BCUT2D eigenvalue weighted by atomic mass is 16.5. The minimum atomic E-state index is -0.719. The van der Waals surface area contributed by atoms with E-state index in [2.05, 4.69) is 0 Å². The van der Waals surface area contributed by atoms with E-state index in [1.807, 2.05) is 17.0 Å². The lowest BCUT2D eigenvalue weighted by Crippen LogP contribution is -2.48. The first-order valence-corrected chi connectivity index (χ1v) is 10.1. The number of nitrogens with zero attached hydrogens (tertiary/aromatic N) is 2. The number of fused-ring (bicyclic) bond motifs is 5. The van der Waals surface area contributed by atoms with Crippen LogP contribution in [0.3, 0.4) is 0 Å². The molecule has 0 saturated carbocycles. The average Bonchev–Trinajstić information content (AvgIpc) is 3.17. The zero-order valence-electron chi connectivity index (χ0n) is 16.8. The fourth-order valence-corrected chi connectivity index (χ4v) is 5.03. The number of para-hydroxylation sites is 1. The Morgan fingerprint density at radius 2 is 1.71 bits per heavy atom. The molecule has 5 rings (SSSR count). The Morgan fingerprint density at radius 1 is 0.968 bits per heavy atom. The van der Waals surface area contributed by atoms with Crippen molar-refractivity contribution in [2.75, 3.05) is 12.0 Å². The van der Waals surface area contributed by atoms with Gasteiger partial charge in [0, 0.05) is 12.6 Å². The highest BCUT2D eigenvalue weighted by Gasteiger charge is 2.64. The molecule has 2 amide bonds. The zero-order valence-corrected chi connectivity index (χ0v) is 16.8. The number of ether oxygens (including phenoxy) is 1. The molecule has 0 N–H and O–H groups in total. The number of ketones is 1. The first kappa shape index (κ1) is 19.4. The number of carbonyl (C=O) groups excluding carboxylic acids is 4. The fraction of sp³-hybridized carbons (Fsp3) is 0.250. The van der Waals surface area contributed by atoms with Gasteiger partial charge in [0.25, 0.3) is 0 Å². The summed E-state index contributed by atoms with van der Waals surface area (Å²) in [6, 6.07) is 14.7. The second-order valence-electron chi connectivity index (χ2n) is 7.96. The Labute approximate surface area is 178 Å². The van der Waals surface area contributed by atoms with Crippen molar-refractivity contribution in [1.82, 2.24) is 4.90 Å². The van der Waals surface area contributed by atoms with E-state index in [1.165, 1.54) is 18.1 Å². The number of carbonyl (C=O) groups is 4. The predicted octanol–water partition coefficient (Wildman–Crippen LogP) is 1.97. The minimum absolute atomic E-state index is 0.177. The van der Waals surface area contributed by atoms with Gasteiger partial charge in [-0.15, -0.1) is 0 Å². The Morgan fingerprint density at radius 3 is 2.45 bits per heavy atom. The predicted molar refractivity (Wildman–Crippen MR) is 111 cm³/mol. The number of esters is 1. The Hall–Kier alpha value is -3.58. The van der Waals surface area contributed by atoms with E-state index in [-0.39, 0.29) is 23.6 Å². The van der Waals surface area contributed by atoms with E-state index < -0.39 is 23.8 Å². The molecule has 2 bridgehead atoms. The Kier molecular flexibility index (Phi) is 4.55. The van der Waals surface area contributed by atoms with Gasteiger partial charge >= 0.3 is 5.97 Å². The molecule has 0 aliphatic carbocycles. The van der Waals surface area contributed by atoms with Crippen molar-refractivity contribution >= 4 is 29.3 Å². The molecule has 0 radical (unpaired) electrons. The van der Waals surface area contributed by atoms with E-state index in [4.69, 9.17) is 4.74 Å². The second kappa shape index (κ2) is 7.28. The van der Waals surface area contributed by atoms with Gasteiger partial charge in [0.1, 0.15) is 0 Å². The first-order valence-electron chi connectivity index (χ1n) is 10.1. The minimum Gasteiger partial charge on any atom is -0.465 e. The fourth-order valence-electron chi connectivity index (χ4n) is 5.03. The van der Waals surface area contributed by atoms with Crippen molar-refractivity contribution in [3.63, 3.8) is 0 Å². The molecular formula is C24H20N2O5. The van der Waals surface area contributed by atoms with Crippen LogP contribution in [-0.4, -0.2) is 47.7 Å². The molecule has 4 atom stereocenters. The van der Waals surface area contributed by atoms with E-state index in [0.29, 0.717) is 17.8 Å². The molecular weight excluding hydrogens is 396 g/mol. The average molecular weight is 416 g/mol. The largest absolute Gasteiger partial charge is 0.465 e. The maximum Gasteiger partial charge on any atom is 0.337 e. The molecule has 7 heteroatoms. The highest BCUT2D eigenvalue weighted by molar-refractivity contribution is 6.24. The van der Waals surface area contributed by atoms with Gasteiger partial charge in [-0.25, -0.2) is 9.69 Å². The van der Waals surface area contributed by atoms with E-state index in [9.17, 15) is 19.2 Å². The molecule has 156 valence electrons. The maximum atomic E-state index is 13.3. The third-order valence-electron chi connectivity index (χ3n) is 6.32. The van der Waals surface area contributed by atoms with Crippen molar-refractivity contribution in [2.45, 2.75) is 18.6 Å². The third-order valence-corrected chi connectivity index (χ3v) is 6.32. The van der Waals surface area contributed by atoms with Crippen LogP contribution in [0.5, 0.6) is 0 Å². The summed E-state index contributed by atoms with van der Waals surface area (Å²) in [7, 11) is 1.32. The lowest BCUT2D eigenvalue weighted by atomic mass is 9.90. The molecule has 7 nitrogen and oxygen atoms in total. The number of imide groups is 1. The number of hydrogen-bond acceptors (Lipinski definition) is 6. The summed E-state index contributed by atoms with van der Waals surface area (Å²) in [5.74, 6) is -2.56. The molecule has 2 aromatic carbocycles. The number of benzene rings is 2. The van der Waals surface area contributed by atoms with E-state index >= 15 is 0 Å². The molecule has 0 aromatic heterocycles. The number of hydrogen-bond donors (Lipinski definition) is 0. The summed E-state index contributed by atoms with van der Waals surface area (Å²) in [4.78, 5) is 54.4. The SMILES string of the molecule is COC(=O)c1cccc(CN2C3C=CC(=O)C2C2C(=O)N(c4ccccc4)C(=O)C23)c1. The van der Waals surface area contributed by atoms with Gasteiger partial charge in [0.15, 0.2) is 5.78 Å². The zero-order chi connectivity index (χ0) is 21.7. The van der Waals surface area contributed by atoms with Crippen molar-refractivity contribution in [3.05, 3.63) is 77.9 Å².